The third kappa shape index (κ3) is 3.70. The van der Waals surface area contributed by atoms with Crippen molar-refractivity contribution >= 4 is 11.9 Å². The van der Waals surface area contributed by atoms with Crippen LogP contribution >= 0.6 is 0 Å². The topological polar surface area (TPSA) is 92.4 Å². The number of amides is 1. The fourth-order valence-electron chi connectivity index (χ4n) is 2.20. The summed E-state index contributed by atoms with van der Waals surface area (Å²) in [6.07, 6.45) is 5.35. The van der Waals surface area contributed by atoms with Gasteiger partial charge in [-0.15, -0.1) is 0 Å². The van der Waals surface area contributed by atoms with Crippen molar-refractivity contribution in [3.05, 3.63) is 0 Å². The molecule has 0 spiro atoms. The Morgan fingerprint density at radius 3 is 2.47 bits per heavy atom. The lowest BCUT2D eigenvalue weighted by Crippen LogP contribution is -2.56. The van der Waals surface area contributed by atoms with Crippen LogP contribution in [0.2, 0.25) is 0 Å². The molecule has 0 aromatic rings. The largest absolute Gasteiger partial charge is 0.480 e. The van der Waals surface area contributed by atoms with Crippen molar-refractivity contribution in [1.82, 2.24) is 5.32 Å². The molecule has 0 radical (unpaired) electrons. The Morgan fingerprint density at radius 1 is 1.41 bits per heavy atom. The number of nitrogens with two attached hydrogens (primary N) is 1. The van der Waals surface area contributed by atoms with E-state index in [4.69, 9.17) is 10.8 Å². The summed E-state index contributed by atoms with van der Waals surface area (Å²) in [7, 11) is 0. The van der Waals surface area contributed by atoms with Crippen molar-refractivity contribution in [3.8, 4) is 0 Å². The molecule has 0 aromatic heterocycles. The first kappa shape index (κ1) is 14.0. The van der Waals surface area contributed by atoms with E-state index in [1.807, 2.05) is 6.92 Å². The first-order chi connectivity index (χ1) is 7.99. The summed E-state index contributed by atoms with van der Waals surface area (Å²) < 4.78 is 0. The normalized spacial score (nSPS) is 19.9. The van der Waals surface area contributed by atoms with Gasteiger partial charge in [-0.2, -0.15) is 0 Å². The molecule has 5 nitrogen and oxygen atoms in total. The predicted molar refractivity (Wildman–Crippen MR) is 64.5 cm³/mol. The highest BCUT2D eigenvalue weighted by atomic mass is 16.4. The SMILES string of the molecule is CCCC[C@H](NC(=O)C1(N)CCCC1)C(=O)O. The van der Waals surface area contributed by atoms with Gasteiger partial charge in [0.15, 0.2) is 0 Å². The van der Waals surface area contributed by atoms with E-state index in [-0.39, 0.29) is 5.91 Å². The number of aliphatic carboxylic acids is 1. The van der Waals surface area contributed by atoms with Gasteiger partial charge in [-0.3, -0.25) is 4.79 Å². The smallest absolute Gasteiger partial charge is 0.326 e. The van der Waals surface area contributed by atoms with Crippen molar-refractivity contribution in [2.24, 2.45) is 5.73 Å². The minimum absolute atomic E-state index is 0.307. The number of carboxylic acids is 1. The van der Waals surface area contributed by atoms with E-state index in [0.717, 1.165) is 25.7 Å². The van der Waals surface area contributed by atoms with Crippen molar-refractivity contribution in [1.29, 1.82) is 0 Å². The van der Waals surface area contributed by atoms with Crippen LogP contribution in [-0.2, 0) is 9.59 Å². The molecule has 1 amide bonds. The molecule has 0 saturated heterocycles. The van der Waals surface area contributed by atoms with Gasteiger partial charge < -0.3 is 16.2 Å². The molecule has 5 heteroatoms. The van der Waals surface area contributed by atoms with Crippen LogP contribution in [0.3, 0.4) is 0 Å². The van der Waals surface area contributed by atoms with Crippen LogP contribution in [0.25, 0.3) is 0 Å². The van der Waals surface area contributed by atoms with Crippen molar-refractivity contribution in [2.45, 2.75) is 63.5 Å². The van der Waals surface area contributed by atoms with E-state index >= 15 is 0 Å². The molecular formula is C12H22N2O3. The highest BCUT2D eigenvalue weighted by Crippen LogP contribution is 2.27. The molecule has 1 atom stereocenters. The van der Waals surface area contributed by atoms with Gasteiger partial charge in [-0.25, -0.2) is 4.79 Å². The van der Waals surface area contributed by atoms with Crippen LogP contribution < -0.4 is 11.1 Å². The Labute approximate surface area is 102 Å². The average Bonchev–Trinajstić information content (AvgIpc) is 2.72. The highest BCUT2D eigenvalue weighted by molar-refractivity contribution is 5.90. The maximum atomic E-state index is 11.9. The highest BCUT2D eigenvalue weighted by Gasteiger charge is 2.38. The van der Waals surface area contributed by atoms with Crippen LogP contribution in [0, 0.1) is 0 Å². The Kier molecular flexibility index (Phi) is 4.93. The lowest BCUT2D eigenvalue weighted by atomic mass is 9.97. The summed E-state index contributed by atoms with van der Waals surface area (Å²) in [5.41, 5.74) is 5.13. The standard InChI is InChI=1S/C12H22N2O3/c1-2-3-6-9(10(15)16)14-11(17)12(13)7-4-5-8-12/h9H,2-8,13H2,1H3,(H,14,17)(H,15,16)/t9-/m0/s1. The third-order valence-electron chi connectivity index (χ3n) is 3.40. The second-order valence-corrected chi connectivity index (χ2v) is 4.87. The Bertz CT molecular complexity index is 285. The summed E-state index contributed by atoms with van der Waals surface area (Å²) in [6.45, 7) is 1.99. The number of unbranched alkanes of at least 4 members (excludes halogenated alkanes) is 1. The summed E-state index contributed by atoms with van der Waals surface area (Å²) in [5.74, 6) is -1.29. The van der Waals surface area contributed by atoms with Gasteiger partial charge in [0.05, 0.1) is 5.54 Å². The number of rotatable bonds is 6. The average molecular weight is 242 g/mol. The van der Waals surface area contributed by atoms with Crippen molar-refractivity contribution in [3.63, 3.8) is 0 Å². The number of hydrogen-bond donors (Lipinski definition) is 3. The molecule has 1 saturated carbocycles. The monoisotopic (exact) mass is 242 g/mol. The maximum absolute atomic E-state index is 11.9. The van der Waals surface area contributed by atoms with E-state index < -0.39 is 17.6 Å². The Hall–Kier alpha value is -1.10. The molecule has 17 heavy (non-hydrogen) atoms. The number of carboxylic acid groups (broad SMARTS) is 1. The molecule has 4 N–H and O–H groups in total. The quantitative estimate of drug-likeness (QED) is 0.648. The van der Waals surface area contributed by atoms with Crippen LogP contribution in [0.4, 0.5) is 0 Å². The fourth-order valence-corrected chi connectivity index (χ4v) is 2.20. The van der Waals surface area contributed by atoms with Crippen LogP contribution in [-0.4, -0.2) is 28.6 Å². The predicted octanol–water partition coefficient (Wildman–Crippen LogP) is 1.02. The third-order valence-corrected chi connectivity index (χ3v) is 3.40. The van der Waals surface area contributed by atoms with Crippen molar-refractivity contribution < 1.29 is 14.7 Å². The zero-order chi connectivity index (χ0) is 12.9. The van der Waals surface area contributed by atoms with Crippen LogP contribution in [0.5, 0.6) is 0 Å². The molecule has 1 fully saturated rings. The summed E-state index contributed by atoms with van der Waals surface area (Å²) >= 11 is 0. The minimum Gasteiger partial charge on any atom is -0.480 e. The molecule has 0 unspecified atom stereocenters. The minimum atomic E-state index is -0.978. The molecular weight excluding hydrogens is 220 g/mol. The van der Waals surface area contributed by atoms with Gasteiger partial charge in [-0.05, 0) is 19.3 Å². The molecule has 1 aliphatic carbocycles. The second-order valence-electron chi connectivity index (χ2n) is 4.87. The summed E-state index contributed by atoms with van der Waals surface area (Å²) in [6, 6.07) is -0.802. The number of carbonyl (C=O) groups is 2. The van der Waals surface area contributed by atoms with Gasteiger partial charge in [-0.1, -0.05) is 32.6 Å². The Balaban J connectivity index is 2.54. The number of hydrogen-bond acceptors (Lipinski definition) is 3. The van der Waals surface area contributed by atoms with Gasteiger partial charge in [0.25, 0.3) is 0 Å². The van der Waals surface area contributed by atoms with Gasteiger partial charge in [0, 0.05) is 0 Å². The van der Waals surface area contributed by atoms with Crippen LogP contribution in [0.1, 0.15) is 51.9 Å². The van der Waals surface area contributed by atoms with E-state index in [1.54, 1.807) is 0 Å². The second kappa shape index (κ2) is 6.00. The fraction of sp³-hybridized carbons (Fsp3) is 0.833. The first-order valence-electron chi connectivity index (χ1n) is 6.32. The molecule has 98 valence electrons. The lowest BCUT2D eigenvalue weighted by Gasteiger charge is -2.25. The van der Waals surface area contributed by atoms with E-state index in [9.17, 15) is 9.59 Å². The van der Waals surface area contributed by atoms with E-state index in [0.29, 0.717) is 19.3 Å². The molecule has 0 bridgehead atoms. The molecule has 1 aliphatic rings. The number of nitrogens with one attached hydrogen (secondary N) is 1. The van der Waals surface area contributed by atoms with E-state index in [2.05, 4.69) is 5.32 Å². The zero-order valence-electron chi connectivity index (χ0n) is 10.4. The first-order valence-corrected chi connectivity index (χ1v) is 6.32. The van der Waals surface area contributed by atoms with Gasteiger partial charge in [0.2, 0.25) is 5.91 Å². The summed E-state index contributed by atoms with van der Waals surface area (Å²) in [4.78, 5) is 23.0. The molecule has 0 aliphatic heterocycles. The van der Waals surface area contributed by atoms with Gasteiger partial charge >= 0.3 is 5.97 Å². The van der Waals surface area contributed by atoms with Gasteiger partial charge in [0.1, 0.15) is 6.04 Å². The number of carbonyl (C=O) groups excluding carboxylic acids is 1. The van der Waals surface area contributed by atoms with E-state index in [1.165, 1.54) is 0 Å². The van der Waals surface area contributed by atoms with Crippen LogP contribution in [0.15, 0.2) is 0 Å². The zero-order valence-corrected chi connectivity index (χ0v) is 10.4. The molecule has 0 aromatic carbocycles. The van der Waals surface area contributed by atoms with Crippen molar-refractivity contribution in [2.75, 3.05) is 0 Å². The Morgan fingerprint density at radius 2 is 2.00 bits per heavy atom. The molecule has 0 heterocycles. The molecule has 1 rings (SSSR count). The maximum Gasteiger partial charge on any atom is 0.326 e. The summed E-state index contributed by atoms with van der Waals surface area (Å²) in [5, 5.41) is 11.6. The lowest BCUT2D eigenvalue weighted by molar-refractivity contribution is -0.142.